The lowest BCUT2D eigenvalue weighted by Gasteiger charge is -2.30. The summed E-state index contributed by atoms with van der Waals surface area (Å²) < 4.78 is 5.05. The van der Waals surface area contributed by atoms with Crippen molar-refractivity contribution in [3.63, 3.8) is 0 Å². The molecule has 6 nitrogen and oxygen atoms in total. The summed E-state index contributed by atoms with van der Waals surface area (Å²) in [5.41, 5.74) is 5.37. The zero-order valence-corrected chi connectivity index (χ0v) is 13.7. The molecule has 2 amide bonds. The number of hydrogen-bond donors (Lipinski definition) is 2. The highest BCUT2D eigenvalue weighted by Gasteiger charge is 2.23. The van der Waals surface area contributed by atoms with Gasteiger partial charge in [0.25, 0.3) is 5.91 Å². The Balaban J connectivity index is 1.73. The van der Waals surface area contributed by atoms with Crippen LogP contribution in [0.1, 0.15) is 27.4 Å². The maximum absolute atomic E-state index is 12.0. The molecule has 1 aliphatic rings. The molecule has 7 heteroatoms. The van der Waals surface area contributed by atoms with E-state index in [9.17, 15) is 9.59 Å². The van der Waals surface area contributed by atoms with E-state index < -0.39 is 0 Å². The fraction of sp³-hybridized carbons (Fsp3) is 0.600. The van der Waals surface area contributed by atoms with Crippen LogP contribution in [0.15, 0.2) is 12.1 Å². The van der Waals surface area contributed by atoms with E-state index in [2.05, 4.69) is 10.2 Å². The molecule has 0 aliphatic carbocycles. The molecule has 1 aromatic rings. The third-order valence-electron chi connectivity index (χ3n) is 3.79. The first-order valence-corrected chi connectivity index (χ1v) is 8.29. The van der Waals surface area contributed by atoms with Crippen LogP contribution in [0.4, 0.5) is 0 Å². The fourth-order valence-corrected chi connectivity index (χ4v) is 3.52. The summed E-state index contributed by atoms with van der Waals surface area (Å²) in [6.07, 6.45) is 1.85. The van der Waals surface area contributed by atoms with Crippen molar-refractivity contribution in [1.29, 1.82) is 0 Å². The maximum atomic E-state index is 12.0. The van der Waals surface area contributed by atoms with E-state index in [1.165, 1.54) is 11.3 Å². The van der Waals surface area contributed by atoms with Crippen molar-refractivity contribution in [3.8, 4) is 0 Å². The number of rotatable bonds is 7. The molecule has 0 radical (unpaired) electrons. The van der Waals surface area contributed by atoms with E-state index in [4.69, 9.17) is 10.5 Å². The van der Waals surface area contributed by atoms with Crippen LogP contribution >= 0.6 is 11.3 Å². The van der Waals surface area contributed by atoms with Gasteiger partial charge in [-0.05, 0) is 31.5 Å². The summed E-state index contributed by atoms with van der Waals surface area (Å²) in [7, 11) is 1.64. The monoisotopic (exact) mass is 325 g/mol. The molecule has 2 rings (SSSR count). The predicted octanol–water partition coefficient (Wildman–Crippen LogP) is 0.822. The molecule has 0 bridgehead atoms. The van der Waals surface area contributed by atoms with Crippen LogP contribution in [0.5, 0.6) is 0 Å². The second-order valence-corrected chi connectivity index (χ2v) is 6.67. The number of methoxy groups -OCH3 is 1. The molecule has 3 N–H and O–H groups in total. The van der Waals surface area contributed by atoms with Crippen molar-refractivity contribution < 1.29 is 14.3 Å². The van der Waals surface area contributed by atoms with Gasteiger partial charge in [-0.3, -0.25) is 9.59 Å². The van der Waals surface area contributed by atoms with Crippen molar-refractivity contribution in [2.45, 2.75) is 19.4 Å². The number of nitrogens with two attached hydrogens (primary N) is 1. The lowest BCUT2D eigenvalue weighted by molar-refractivity contribution is -0.123. The predicted molar refractivity (Wildman–Crippen MR) is 85.7 cm³/mol. The van der Waals surface area contributed by atoms with Gasteiger partial charge in [0.1, 0.15) is 0 Å². The van der Waals surface area contributed by atoms with Gasteiger partial charge in [-0.25, -0.2) is 0 Å². The smallest absolute Gasteiger partial charge is 0.261 e. The first-order chi connectivity index (χ1) is 10.6. The Morgan fingerprint density at radius 1 is 1.50 bits per heavy atom. The zero-order valence-electron chi connectivity index (χ0n) is 12.8. The lowest BCUT2D eigenvalue weighted by Crippen LogP contribution is -2.44. The molecule has 2 heterocycles. The van der Waals surface area contributed by atoms with Crippen molar-refractivity contribution in [2.75, 3.05) is 33.3 Å². The highest BCUT2D eigenvalue weighted by Crippen LogP contribution is 2.17. The number of nitrogens with one attached hydrogen (secondary N) is 1. The summed E-state index contributed by atoms with van der Waals surface area (Å²) in [5, 5.41) is 2.92. The van der Waals surface area contributed by atoms with E-state index in [0.717, 1.165) is 30.8 Å². The quantitative estimate of drug-likeness (QED) is 0.777. The summed E-state index contributed by atoms with van der Waals surface area (Å²) in [5.74, 6) is -0.341. The first-order valence-electron chi connectivity index (χ1n) is 7.47. The molecule has 0 spiro atoms. The van der Waals surface area contributed by atoms with Crippen molar-refractivity contribution >= 4 is 23.2 Å². The molecule has 1 saturated heterocycles. The summed E-state index contributed by atoms with van der Waals surface area (Å²) >= 11 is 1.44. The van der Waals surface area contributed by atoms with Gasteiger partial charge in [-0.1, -0.05) is 0 Å². The van der Waals surface area contributed by atoms with Gasteiger partial charge < -0.3 is 20.7 Å². The molecule has 0 unspecified atom stereocenters. The number of likely N-dealkylation sites (tertiary alicyclic amines) is 1. The molecule has 122 valence electrons. The van der Waals surface area contributed by atoms with Gasteiger partial charge in [0, 0.05) is 31.6 Å². The number of hydrogen-bond acceptors (Lipinski definition) is 5. The number of nitrogens with zero attached hydrogens (tertiary/aromatic N) is 1. The van der Waals surface area contributed by atoms with Gasteiger partial charge >= 0.3 is 0 Å². The van der Waals surface area contributed by atoms with Crippen LogP contribution in [-0.2, 0) is 16.1 Å². The minimum atomic E-state index is -0.224. The largest absolute Gasteiger partial charge is 0.379 e. The van der Waals surface area contributed by atoms with Crippen LogP contribution in [0.2, 0.25) is 0 Å². The normalized spacial score (nSPS) is 19.0. The Bertz CT molecular complexity index is 518. The average Bonchev–Trinajstić information content (AvgIpc) is 2.96. The number of thiophene rings is 1. The third-order valence-corrected chi connectivity index (χ3v) is 4.85. The Morgan fingerprint density at radius 2 is 2.32 bits per heavy atom. The number of primary amides is 1. The van der Waals surface area contributed by atoms with E-state index in [1.54, 1.807) is 7.11 Å². The summed E-state index contributed by atoms with van der Waals surface area (Å²) in [6, 6.07) is 3.73. The molecular formula is C15H23N3O3S. The molecule has 1 aromatic heterocycles. The van der Waals surface area contributed by atoms with Crippen LogP contribution in [0, 0.1) is 5.92 Å². The second kappa shape index (κ2) is 8.26. The molecule has 0 aromatic carbocycles. The fourth-order valence-electron chi connectivity index (χ4n) is 2.63. The SMILES string of the molecule is COCc1ccc(C(=O)NCCN2CCC[C@H](C(N)=O)C2)s1. The molecule has 22 heavy (non-hydrogen) atoms. The van der Waals surface area contributed by atoms with Crippen LogP contribution in [0.3, 0.4) is 0 Å². The Hall–Kier alpha value is -1.44. The maximum Gasteiger partial charge on any atom is 0.261 e. The minimum absolute atomic E-state index is 0.0571. The number of piperidine rings is 1. The minimum Gasteiger partial charge on any atom is -0.379 e. The van der Waals surface area contributed by atoms with Gasteiger partial charge in [0.05, 0.1) is 17.4 Å². The highest BCUT2D eigenvalue weighted by atomic mass is 32.1. The number of ether oxygens (including phenoxy) is 1. The summed E-state index contributed by atoms with van der Waals surface area (Å²) in [4.78, 5) is 27.2. The number of amides is 2. The van der Waals surface area contributed by atoms with Crippen LogP contribution < -0.4 is 11.1 Å². The lowest BCUT2D eigenvalue weighted by atomic mass is 9.97. The molecule has 1 fully saturated rings. The Kier molecular flexibility index (Phi) is 6.35. The Labute approximate surface area is 134 Å². The van der Waals surface area contributed by atoms with Crippen molar-refractivity contribution in [2.24, 2.45) is 11.7 Å². The topological polar surface area (TPSA) is 84.7 Å². The average molecular weight is 325 g/mol. The molecule has 1 aliphatic heterocycles. The molecule has 1 atom stereocenters. The van der Waals surface area contributed by atoms with Crippen LogP contribution in [-0.4, -0.2) is 50.0 Å². The number of carbonyl (C=O) groups is 2. The third kappa shape index (κ3) is 4.79. The van der Waals surface area contributed by atoms with E-state index >= 15 is 0 Å². The molecular weight excluding hydrogens is 302 g/mol. The zero-order chi connectivity index (χ0) is 15.9. The summed E-state index contributed by atoms with van der Waals surface area (Å²) in [6.45, 7) is 3.49. The van der Waals surface area contributed by atoms with Gasteiger partial charge in [0.2, 0.25) is 5.91 Å². The number of carbonyl (C=O) groups excluding carboxylic acids is 2. The van der Waals surface area contributed by atoms with Crippen molar-refractivity contribution in [1.82, 2.24) is 10.2 Å². The van der Waals surface area contributed by atoms with E-state index in [-0.39, 0.29) is 17.7 Å². The molecule has 0 saturated carbocycles. The Morgan fingerprint density at radius 3 is 3.05 bits per heavy atom. The standard InChI is InChI=1S/C15H23N3O3S/c1-21-10-12-4-5-13(22-12)15(20)17-6-8-18-7-2-3-11(9-18)14(16)19/h4-5,11H,2-3,6-10H2,1H3,(H2,16,19)(H,17,20)/t11-/m0/s1. The van der Waals surface area contributed by atoms with Gasteiger partial charge in [0.15, 0.2) is 0 Å². The van der Waals surface area contributed by atoms with E-state index in [0.29, 0.717) is 24.6 Å². The van der Waals surface area contributed by atoms with Crippen molar-refractivity contribution in [3.05, 3.63) is 21.9 Å². The first kappa shape index (κ1) is 16.9. The second-order valence-electron chi connectivity index (χ2n) is 5.50. The highest BCUT2D eigenvalue weighted by molar-refractivity contribution is 7.14. The van der Waals surface area contributed by atoms with E-state index in [1.807, 2.05) is 12.1 Å². The van der Waals surface area contributed by atoms with Crippen LogP contribution in [0.25, 0.3) is 0 Å². The van der Waals surface area contributed by atoms with Gasteiger partial charge in [-0.2, -0.15) is 0 Å². The van der Waals surface area contributed by atoms with Gasteiger partial charge in [-0.15, -0.1) is 11.3 Å².